The van der Waals surface area contributed by atoms with Crippen molar-refractivity contribution in [3.8, 4) is 0 Å². The number of benzene rings is 1. The Morgan fingerprint density at radius 3 is 2.43 bits per heavy atom. The lowest BCUT2D eigenvalue weighted by Crippen LogP contribution is -2.33. The smallest absolute Gasteiger partial charge is 0.233 e. The van der Waals surface area contributed by atoms with Gasteiger partial charge in [-0.05, 0) is 45.1 Å². The fraction of sp³-hybridized carbons (Fsp3) is 0.467. The molecule has 21 heavy (non-hydrogen) atoms. The normalized spacial score (nSPS) is 10.6. The predicted octanol–water partition coefficient (Wildman–Crippen LogP) is 1.96. The number of carbonyl (C=O) groups excluding carboxylic acids is 2. The van der Waals surface area contributed by atoms with Gasteiger partial charge in [0.15, 0.2) is 0 Å². The van der Waals surface area contributed by atoms with E-state index in [1.54, 1.807) is 6.07 Å². The highest BCUT2D eigenvalue weighted by molar-refractivity contribution is 6.34. The van der Waals surface area contributed by atoms with Crippen molar-refractivity contribution in [3.05, 3.63) is 28.3 Å². The minimum absolute atomic E-state index is 0.211. The molecule has 0 aliphatic carbocycles. The molecule has 0 bridgehead atoms. The molecule has 0 radical (unpaired) electrons. The van der Waals surface area contributed by atoms with Crippen LogP contribution < -0.4 is 10.6 Å². The summed E-state index contributed by atoms with van der Waals surface area (Å²) < 4.78 is 0. The highest BCUT2D eigenvalue weighted by atomic mass is 35.5. The fourth-order valence-corrected chi connectivity index (χ4v) is 2.25. The lowest BCUT2D eigenvalue weighted by atomic mass is 10.1. The van der Waals surface area contributed by atoms with Crippen molar-refractivity contribution >= 4 is 29.1 Å². The molecule has 0 spiro atoms. The second-order valence-corrected chi connectivity index (χ2v) is 5.72. The SMILES string of the molecule is Cc1cc(C)c(NC(=O)CC(=O)NCCN(C)C)c(Cl)c1. The summed E-state index contributed by atoms with van der Waals surface area (Å²) in [6.07, 6.45) is -0.211. The van der Waals surface area contributed by atoms with Crippen LogP contribution in [0.25, 0.3) is 0 Å². The van der Waals surface area contributed by atoms with Crippen molar-refractivity contribution in [1.82, 2.24) is 10.2 Å². The maximum atomic E-state index is 11.9. The van der Waals surface area contributed by atoms with Crippen LogP contribution in [0.1, 0.15) is 17.5 Å². The molecule has 116 valence electrons. The van der Waals surface area contributed by atoms with Gasteiger partial charge in [0, 0.05) is 13.1 Å². The van der Waals surface area contributed by atoms with Crippen molar-refractivity contribution < 1.29 is 9.59 Å². The van der Waals surface area contributed by atoms with Crippen LogP contribution >= 0.6 is 11.6 Å². The first-order valence-corrected chi connectivity index (χ1v) is 7.15. The lowest BCUT2D eigenvalue weighted by molar-refractivity contribution is -0.126. The first kappa shape index (κ1) is 17.5. The Bertz CT molecular complexity index is 507. The molecule has 2 N–H and O–H groups in total. The molecule has 0 fully saturated rings. The van der Waals surface area contributed by atoms with Crippen LogP contribution in [-0.2, 0) is 9.59 Å². The molecule has 1 rings (SSSR count). The van der Waals surface area contributed by atoms with Crippen molar-refractivity contribution in [2.75, 3.05) is 32.5 Å². The third kappa shape index (κ3) is 6.14. The molecule has 6 heteroatoms. The van der Waals surface area contributed by atoms with Gasteiger partial charge in [-0.25, -0.2) is 0 Å². The molecular weight excluding hydrogens is 290 g/mol. The average Bonchev–Trinajstić information content (AvgIpc) is 2.33. The van der Waals surface area contributed by atoms with Gasteiger partial charge in [0.2, 0.25) is 11.8 Å². The van der Waals surface area contributed by atoms with E-state index in [9.17, 15) is 9.59 Å². The molecule has 0 saturated heterocycles. The lowest BCUT2D eigenvalue weighted by Gasteiger charge is -2.12. The number of hydrogen-bond donors (Lipinski definition) is 2. The molecule has 0 aliphatic rings. The van der Waals surface area contributed by atoms with Crippen LogP contribution in [0.3, 0.4) is 0 Å². The standard InChI is InChI=1S/C15H22ClN3O2/c1-10-7-11(2)15(12(16)8-10)18-14(21)9-13(20)17-5-6-19(3)4/h7-8H,5-6,9H2,1-4H3,(H,17,20)(H,18,21). The van der Waals surface area contributed by atoms with Gasteiger partial charge in [0.1, 0.15) is 6.42 Å². The Morgan fingerprint density at radius 2 is 1.86 bits per heavy atom. The second-order valence-electron chi connectivity index (χ2n) is 5.32. The minimum atomic E-state index is -0.369. The molecule has 2 amide bonds. The van der Waals surface area contributed by atoms with Gasteiger partial charge >= 0.3 is 0 Å². The second kappa shape index (κ2) is 8.00. The first-order chi connectivity index (χ1) is 9.79. The Morgan fingerprint density at radius 1 is 1.19 bits per heavy atom. The highest BCUT2D eigenvalue weighted by Gasteiger charge is 2.13. The van der Waals surface area contributed by atoms with Crippen LogP contribution in [0.5, 0.6) is 0 Å². The third-order valence-electron chi connectivity index (χ3n) is 2.90. The van der Waals surface area contributed by atoms with Crippen LogP contribution in [0.4, 0.5) is 5.69 Å². The summed E-state index contributed by atoms with van der Waals surface area (Å²) in [5, 5.41) is 5.87. The summed E-state index contributed by atoms with van der Waals surface area (Å²) in [7, 11) is 3.84. The number of nitrogens with zero attached hydrogens (tertiary/aromatic N) is 1. The summed E-state index contributed by atoms with van der Waals surface area (Å²) in [5.41, 5.74) is 2.46. The number of anilines is 1. The van der Waals surface area contributed by atoms with Crippen molar-refractivity contribution in [3.63, 3.8) is 0 Å². The van der Waals surface area contributed by atoms with Gasteiger partial charge in [-0.15, -0.1) is 0 Å². The molecule has 5 nitrogen and oxygen atoms in total. The maximum absolute atomic E-state index is 11.9. The van der Waals surface area contributed by atoms with E-state index in [-0.39, 0.29) is 18.2 Å². The number of nitrogens with one attached hydrogen (secondary N) is 2. The number of hydrogen-bond acceptors (Lipinski definition) is 3. The Balaban J connectivity index is 2.53. The van der Waals surface area contributed by atoms with E-state index in [0.717, 1.165) is 17.7 Å². The third-order valence-corrected chi connectivity index (χ3v) is 3.20. The van der Waals surface area contributed by atoms with E-state index < -0.39 is 0 Å². The van der Waals surface area contributed by atoms with E-state index in [1.807, 2.05) is 38.9 Å². The average molecular weight is 312 g/mol. The number of likely N-dealkylation sites (N-methyl/N-ethyl adjacent to an activating group) is 1. The molecule has 0 heterocycles. The zero-order chi connectivity index (χ0) is 16.0. The predicted molar refractivity (Wildman–Crippen MR) is 85.7 cm³/mol. The van der Waals surface area contributed by atoms with Gasteiger partial charge in [0.05, 0.1) is 10.7 Å². The van der Waals surface area contributed by atoms with Gasteiger partial charge in [0.25, 0.3) is 0 Å². The van der Waals surface area contributed by atoms with Crippen molar-refractivity contribution in [2.45, 2.75) is 20.3 Å². The van der Waals surface area contributed by atoms with E-state index in [0.29, 0.717) is 17.3 Å². The molecule has 1 aromatic carbocycles. The summed E-state index contributed by atoms with van der Waals surface area (Å²) in [6.45, 7) is 5.05. The number of aryl methyl sites for hydroxylation is 2. The largest absolute Gasteiger partial charge is 0.354 e. The Labute approximate surface area is 130 Å². The van der Waals surface area contributed by atoms with Crippen LogP contribution in [0, 0.1) is 13.8 Å². The minimum Gasteiger partial charge on any atom is -0.354 e. The van der Waals surface area contributed by atoms with E-state index in [1.165, 1.54) is 0 Å². The number of amides is 2. The molecule has 1 aromatic rings. The maximum Gasteiger partial charge on any atom is 0.233 e. The highest BCUT2D eigenvalue weighted by Crippen LogP contribution is 2.27. The van der Waals surface area contributed by atoms with Crippen molar-refractivity contribution in [1.29, 1.82) is 0 Å². The zero-order valence-electron chi connectivity index (χ0n) is 12.9. The zero-order valence-corrected chi connectivity index (χ0v) is 13.7. The summed E-state index contributed by atoms with van der Waals surface area (Å²) in [6, 6.07) is 3.71. The Kier molecular flexibility index (Phi) is 6.65. The molecule has 0 aliphatic heterocycles. The van der Waals surface area contributed by atoms with Crippen LogP contribution in [-0.4, -0.2) is 43.9 Å². The molecule has 0 aromatic heterocycles. The van der Waals surface area contributed by atoms with Gasteiger partial charge in [-0.2, -0.15) is 0 Å². The van der Waals surface area contributed by atoms with Crippen LogP contribution in [0.2, 0.25) is 5.02 Å². The van der Waals surface area contributed by atoms with Crippen molar-refractivity contribution in [2.24, 2.45) is 0 Å². The molecular formula is C15H22ClN3O2. The molecule has 0 saturated carbocycles. The van der Waals surface area contributed by atoms with E-state index >= 15 is 0 Å². The topological polar surface area (TPSA) is 61.4 Å². The van der Waals surface area contributed by atoms with Gasteiger partial charge in [-0.3, -0.25) is 9.59 Å². The summed E-state index contributed by atoms with van der Waals surface area (Å²) in [4.78, 5) is 25.4. The summed E-state index contributed by atoms with van der Waals surface area (Å²) in [5.74, 6) is -0.665. The number of rotatable bonds is 6. The monoisotopic (exact) mass is 311 g/mol. The quantitative estimate of drug-likeness (QED) is 0.790. The molecule has 0 atom stereocenters. The van der Waals surface area contributed by atoms with Crippen LogP contribution in [0.15, 0.2) is 12.1 Å². The number of carbonyl (C=O) groups is 2. The Hall–Kier alpha value is -1.59. The van der Waals surface area contributed by atoms with E-state index in [4.69, 9.17) is 11.6 Å². The number of halogens is 1. The first-order valence-electron chi connectivity index (χ1n) is 6.77. The van der Waals surface area contributed by atoms with Gasteiger partial charge < -0.3 is 15.5 Å². The summed E-state index contributed by atoms with van der Waals surface area (Å²) >= 11 is 6.11. The van der Waals surface area contributed by atoms with E-state index in [2.05, 4.69) is 10.6 Å². The van der Waals surface area contributed by atoms with Gasteiger partial charge in [-0.1, -0.05) is 17.7 Å². The molecule has 0 unspecified atom stereocenters. The fourth-order valence-electron chi connectivity index (χ4n) is 1.88.